The van der Waals surface area contributed by atoms with Gasteiger partial charge in [-0.3, -0.25) is 4.79 Å². The van der Waals surface area contributed by atoms with E-state index < -0.39 is 5.79 Å². The zero-order valence-electron chi connectivity index (χ0n) is 13.1. The maximum atomic E-state index is 11.6. The summed E-state index contributed by atoms with van der Waals surface area (Å²) in [6.07, 6.45) is 7.81. The lowest BCUT2D eigenvalue weighted by Crippen LogP contribution is -2.34. The number of rotatable bonds is 8. The number of hydrogen-bond donors (Lipinski definition) is 0. The van der Waals surface area contributed by atoms with E-state index >= 15 is 0 Å². The molecule has 2 fully saturated rings. The number of unbranched alkanes of at least 4 members (excludes halogenated alkanes) is 1. The summed E-state index contributed by atoms with van der Waals surface area (Å²) >= 11 is 0. The fraction of sp³-hybridized carbons (Fsp3) is 0.938. The van der Waals surface area contributed by atoms with E-state index in [0.29, 0.717) is 26.2 Å². The standard InChI is InChI=1S/C16H28O5/c1-2-3-10-18-11-7-15(17)19-12-14-13-20-16(21-14)8-5-4-6-9-16/h14H,2-13H2,1H3. The molecule has 0 bridgehead atoms. The van der Waals surface area contributed by atoms with Crippen LogP contribution >= 0.6 is 0 Å². The van der Waals surface area contributed by atoms with Crippen LogP contribution in [0.4, 0.5) is 0 Å². The van der Waals surface area contributed by atoms with Gasteiger partial charge in [-0.2, -0.15) is 0 Å². The van der Waals surface area contributed by atoms with E-state index in [4.69, 9.17) is 18.9 Å². The molecule has 0 aromatic rings. The quantitative estimate of drug-likeness (QED) is 0.509. The van der Waals surface area contributed by atoms with Gasteiger partial charge in [0.05, 0.1) is 19.6 Å². The molecular formula is C16H28O5. The first-order valence-corrected chi connectivity index (χ1v) is 8.29. The number of carbonyl (C=O) groups excluding carboxylic acids is 1. The molecule has 1 saturated carbocycles. The predicted molar refractivity (Wildman–Crippen MR) is 77.9 cm³/mol. The minimum Gasteiger partial charge on any atom is -0.463 e. The summed E-state index contributed by atoms with van der Waals surface area (Å²) in [5, 5.41) is 0. The number of carbonyl (C=O) groups is 1. The molecular weight excluding hydrogens is 272 g/mol. The average Bonchev–Trinajstić information content (AvgIpc) is 2.88. The third kappa shape index (κ3) is 5.57. The van der Waals surface area contributed by atoms with Gasteiger partial charge in [0.15, 0.2) is 5.79 Å². The van der Waals surface area contributed by atoms with Crippen molar-refractivity contribution in [3.05, 3.63) is 0 Å². The molecule has 0 aromatic carbocycles. The van der Waals surface area contributed by atoms with Crippen LogP contribution in [-0.2, 0) is 23.7 Å². The Bertz CT molecular complexity index is 312. The van der Waals surface area contributed by atoms with E-state index in [0.717, 1.165) is 38.5 Å². The van der Waals surface area contributed by atoms with E-state index in [2.05, 4.69) is 6.92 Å². The molecule has 1 unspecified atom stereocenters. The van der Waals surface area contributed by atoms with Crippen molar-refractivity contribution in [2.24, 2.45) is 0 Å². The Hall–Kier alpha value is -0.650. The van der Waals surface area contributed by atoms with Gasteiger partial charge in [-0.05, 0) is 19.3 Å². The van der Waals surface area contributed by atoms with Crippen LogP contribution < -0.4 is 0 Å². The Morgan fingerprint density at radius 3 is 2.81 bits per heavy atom. The van der Waals surface area contributed by atoms with E-state index in [1.54, 1.807) is 0 Å². The highest BCUT2D eigenvalue weighted by molar-refractivity contribution is 5.69. The van der Waals surface area contributed by atoms with Crippen molar-refractivity contribution in [2.75, 3.05) is 26.4 Å². The Morgan fingerprint density at radius 2 is 2.05 bits per heavy atom. The molecule has 5 nitrogen and oxygen atoms in total. The summed E-state index contributed by atoms with van der Waals surface area (Å²) in [5.74, 6) is -0.613. The minimum absolute atomic E-state index is 0.118. The maximum absolute atomic E-state index is 11.6. The molecule has 21 heavy (non-hydrogen) atoms. The van der Waals surface area contributed by atoms with E-state index in [1.807, 2.05) is 0 Å². The lowest BCUT2D eigenvalue weighted by atomic mass is 9.94. The monoisotopic (exact) mass is 300 g/mol. The highest BCUT2D eigenvalue weighted by atomic mass is 16.8. The maximum Gasteiger partial charge on any atom is 0.308 e. The molecule has 0 N–H and O–H groups in total. The smallest absolute Gasteiger partial charge is 0.308 e. The minimum atomic E-state index is -0.390. The summed E-state index contributed by atoms with van der Waals surface area (Å²) in [6.45, 7) is 4.08. The van der Waals surface area contributed by atoms with Gasteiger partial charge in [0.25, 0.3) is 0 Å². The van der Waals surface area contributed by atoms with Gasteiger partial charge >= 0.3 is 5.97 Å². The molecule has 0 radical (unpaired) electrons. The van der Waals surface area contributed by atoms with Crippen LogP contribution in [0.2, 0.25) is 0 Å². The van der Waals surface area contributed by atoms with Crippen molar-refractivity contribution < 1.29 is 23.7 Å². The molecule has 122 valence electrons. The first kappa shape index (κ1) is 16.7. The molecule has 1 atom stereocenters. The summed E-state index contributed by atoms with van der Waals surface area (Å²) in [7, 11) is 0. The molecule has 1 aliphatic carbocycles. The van der Waals surface area contributed by atoms with Crippen molar-refractivity contribution in [1.29, 1.82) is 0 Å². The van der Waals surface area contributed by atoms with Gasteiger partial charge in [-0.25, -0.2) is 0 Å². The van der Waals surface area contributed by atoms with Crippen molar-refractivity contribution in [2.45, 2.75) is 70.2 Å². The van der Waals surface area contributed by atoms with Gasteiger partial charge < -0.3 is 18.9 Å². The molecule has 1 spiro atoms. The predicted octanol–water partition coefficient (Wildman–Crippen LogP) is 2.81. The van der Waals surface area contributed by atoms with Crippen molar-refractivity contribution in [1.82, 2.24) is 0 Å². The van der Waals surface area contributed by atoms with Crippen molar-refractivity contribution in [3.8, 4) is 0 Å². The van der Waals surface area contributed by atoms with Crippen molar-refractivity contribution >= 4 is 5.97 Å². The molecule has 2 aliphatic rings. The highest BCUT2D eigenvalue weighted by Crippen LogP contribution is 2.37. The van der Waals surface area contributed by atoms with E-state index in [1.165, 1.54) is 6.42 Å². The van der Waals surface area contributed by atoms with Crippen LogP contribution in [0.5, 0.6) is 0 Å². The number of esters is 1. The molecule has 1 aliphatic heterocycles. The van der Waals surface area contributed by atoms with Crippen LogP contribution in [0.3, 0.4) is 0 Å². The zero-order valence-corrected chi connectivity index (χ0v) is 13.1. The summed E-state index contributed by atoms with van der Waals surface area (Å²) in [5.41, 5.74) is 0. The Balaban J connectivity index is 1.55. The fourth-order valence-corrected chi connectivity index (χ4v) is 2.81. The largest absolute Gasteiger partial charge is 0.463 e. The molecule has 2 rings (SSSR count). The molecule has 1 heterocycles. The highest BCUT2D eigenvalue weighted by Gasteiger charge is 2.42. The van der Waals surface area contributed by atoms with E-state index in [-0.39, 0.29) is 18.7 Å². The summed E-state index contributed by atoms with van der Waals surface area (Å²) in [4.78, 5) is 11.6. The Kier molecular flexibility index (Phi) is 6.93. The topological polar surface area (TPSA) is 54.0 Å². The van der Waals surface area contributed by atoms with Crippen LogP contribution in [-0.4, -0.2) is 44.3 Å². The number of ether oxygens (including phenoxy) is 4. The summed E-state index contributed by atoms with van der Waals surface area (Å²) in [6, 6.07) is 0. The van der Waals surface area contributed by atoms with E-state index in [9.17, 15) is 4.79 Å². The molecule has 0 aromatic heterocycles. The Morgan fingerprint density at radius 1 is 1.24 bits per heavy atom. The van der Waals surface area contributed by atoms with Gasteiger partial charge in [0.2, 0.25) is 0 Å². The SMILES string of the molecule is CCCCOCCC(=O)OCC1COC2(CCCCC2)O1. The first-order chi connectivity index (χ1) is 10.2. The molecule has 5 heteroatoms. The van der Waals surface area contributed by atoms with Crippen LogP contribution in [0, 0.1) is 0 Å². The Labute approximate surface area is 127 Å². The lowest BCUT2D eigenvalue weighted by Gasteiger charge is -2.31. The summed E-state index contributed by atoms with van der Waals surface area (Å²) < 4.78 is 22.4. The fourth-order valence-electron chi connectivity index (χ4n) is 2.81. The average molecular weight is 300 g/mol. The van der Waals surface area contributed by atoms with Gasteiger partial charge in [0.1, 0.15) is 12.7 Å². The van der Waals surface area contributed by atoms with Gasteiger partial charge in [0, 0.05) is 19.4 Å². The molecule has 0 amide bonds. The van der Waals surface area contributed by atoms with Gasteiger partial charge in [-0.15, -0.1) is 0 Å². The third-order valence-electron chi connectivity index (χ3n) is 4.05. The van der Waals surface area contributed by atoms with Gasteiger partial charge in [-0.1, -0.05) is 19.8 Å². The van der Waals surface area contributed by atoms with Crippen LogP contribution in [0.25, 0.3) is 0 Å². The third-order valence-corrected chi connectivity index (χ3v) is 4.05. The van der Waals surface area contributed by atoms with Crippen molar-refractivity contribution in [3.63, 3.8) is 0 Å². The second-order valence-electron chi connectivity index (χ2n) is 5.92. The lowest BCUT2D eigenvalue weighted by molar-refractivity contribution is -0.192. The second kappa shape index (κ2) is 8.71. The first-order valence-electron chi connectivity index (χ1n) is 8.29. The van der Waals surface area contributed by atoms with Crippen LogP contribution in [0.1, 0.15) is 58.3 Å². The number of hydrogen-bond acceptors (Lipinski definition) is 5. The second-order valence-corrected chi connectivity index (χ2v) is 5.92. The molecule has 1 saturated heterocycles. The normalized spacial score (nSPS) is 24.3. The zero-order chi connectivity index (χ0) is 15.0. The van der Waals surface area contributed by atoms with Crippen LogP contribution in [0.15, 0.2) is 0 Å².